The van der Waals surface area contributed by atoms with Gasteiger partial charge in [0.15, 0.2) is 0 Å². The van der Waals surface area contributed by atoms with E-state index < -0.39 is 0 Å². The van der Waals surface area contributed by atoms with Gasteiger partial charge in [-0.1, -0.05) is 20.8 Å². The highest BCUT2D eigenvalue weighted by atomic mass is 79.9. The molecule has 1 saturated heterocycles. The van der Waals surface area contributed by atoms with Crippen LogP contribution >= 0.6 is 15.9 Å². The summed E-state index contributed by atoms with van der Waals surface area (Å²) in [4.78, 5) is 6.85. The topological polar surface area (TPSA) is 28.2 Å². The van der Waals surface area contributed by atoms with Gasteiger partial charge in [0, 0.05) is 48.6 Å². The average Bonchev–Trinajstić information content (AvgIpc) is 2.27. The summed E-state index contributed by atoms with van der Waals surface area (Å²) in [7, 11) is 0. The van der Waals surface area contributed by atoms with Gasteiger partial charge < -0.3 is 5.32 Å². The molecule has 1 aromatic rings. The summed E-state index contributed by atoms with van der Waals surface area (Å²) in [5.74, 6) is 0. The maximum absolute atomic E-state index is 4.27. The summed E-state index contributed by atoms with van der Waals surface area (Å²) in [6.07, 6.45) is 3.81. The molecule has 0 aliphatic carbocycles. The van der Waals surface area contributed by atoms with E-state index in [0.717, 1.165) is 24.1 Å². The number of pyridine rings is 1. The fourth-order valence-corrected chi connectivity index (χ4v) is 3.20. The largest absolute Gasteiger partial charge is 0.311 e. The maximum atomic E-state index is 4.27. The lowest BCUT2D eigenvalue weighted by Crippen LogP contribution is -2.59. The second-order valence-electron chi connectivity index (χ2n) is 6.63. The maximum Gasteiger partial charge on any atom is 0.0410 e. The first-order chi connectivity index (χ1) is 8.86. The molecule has 1 aliphatic heterocycles. The van der Waals surface area contributed by atoms with E-state index in [1.165, 1.54) is 5.56 Å². The first-order valence-electron chi connectivity index (χ1n) is 6.93. The van der Waals surface area contributed by atoms with Gasteiger partial charge in [-0.05, 0) is 39.9 Å². The Bertz CT molecular complexity index is 428. The Balaban J connectivity index is 2.14. The molecular formula is C15H24BrN3. The predicted molar refractivity (Wildman–Crippen MR) is 83.1 cm³/mol. The SMILES string of the molecule is CC1CN(Cc2cncc(Br)c2)C(C(C)(C)C)CN1. The normalized spacial score (nSPS) is 25.5. The average molecular weight is 326 g/mol. The van der Waals surface area contributed by atoms with Crippen LogP contribution in [0, 0.1) is 5.41 Å². The Labute approximate surface area is 124 Å². The van der Waals surface area contributed by atoms with Gasteiger partial charge in [0.2, 0.25) is 0 Å². The number of halogens is 1. The zero-order chi connectivity index (χ0) is 14.0. The molecule has 1 N–H and O–H groups in total. The first kappa shape index (κ1) is 14.9. The Morgan fingerprint density at radius 3 is 2.79 bits per heavy atom. The summed E-state index contributed by atoms with van der Waals surface area (Å²) in [5, 5.41) is 3.60. The fraction of sp³-hybridized carbons (Fsp3) is 0.667. The minimum Gasteiger partial charge on any atom is -0.311 e. The van der Waals surface area contributed by atoms with Crippen molar-refractivity contribution in [1.29, 1.82) is 0 Å². The summed E-state index contributed by atoms with van der Waals surface area (Å²) >= 11 is 3.50. The summed E-state index contributed by atoms with van der Waals surface area (Å²) in [5.41, 5.74) is 1.56. The number of nitrogens with one attached hydrogen (secondary N) is 1. The van der Waals surface area contributed by atoms with Crippen molar-refractivity contribution in [2.45, 2.75) is 46.3 Å². The van der Waals surface area contributed by atoms with Crippen molar-refractivity contribution in [2.75, 3.05) is 13.1 Å². The van der Waals surface area contributed by atoms with E-state index in [1.54, 1.807) is 0 Å². The van der Waals surface area contributed by atoms with E-state index in [-0.39, 0.29) is 5.41 Å². The third-order valence-electron chi connectivity index (χ3n) is 3.76. The molecule has 0 aromatic carbocycles. The van der Waals surface area contributed by atoms with Gasteiger partial charge in [0.25, 0.3) is 0 Å². The zero-order valence-corrected chi connectivity index (χ0v) is 13.9. The molecule has 2 unspecified atom stereocenters. The summed E-state index contributed by atoms with van der Waals surface area (Å²) in [6.45, 7) is 12.3. The molecule has 0 bridgehead atoms. The number of aromatic nitrogens is 1. The molecule has 2 rings (SSSR count). The van der Waals surface area contributed by atoms with Crippen LogP contribution in [-0.4, -0.2) is 35.1 Å². The Kier molecular flexibility index (Phi) is 4.64. The van der Waals surface area contributed by atoms with Gasteiger partial charge in [-0.25, -0.2) is 0 Å². The van der Waals surface area contributed by atoms with Crippen molar-refractivity contribution < 1.29 is 0 Å². The Morgan fingerprint density at radius 2 is 2.16 bits per heavy atom. The molecule has 0 radical (unpaired) electrons. The lowest BCUT2D eigenvalue weighted by molar-refractivity contribution is 0.0525. The van der Waals surface area contributed by atoms with Crippen molar-refractivity contribution in [3.05, 3.63) is 28.5 Å². The van der Waals surface area contributed by atoms with Gasteiger partial charge in [0.1, 0.15) is 0 Å². The molecule has 0 spiro atoms. The second-order valence-corrected chi connectivity index (χ2v) is 7.55. The Morgan fingerprint density at radius 1 is 1.42 bits per heavy atom. The van der Waals surface area contributed by atoms with E-state index in [2.05, 4.69) is 64.9 Å². The van der Waals surface area contributed by atoms with Crippen LogP contribution in [0.3, 0.4) is 0 Å². The number of hydrogen-bond donors (Lipinski definition) is 1. The third kappa shape index (κ3) is 4.01. The highest BCUT2D eigenvalue weighted by molar-refractivity contribution is 9.10. The number of rotatable bonds is 2. The monoisotopic (exact) mass is 325 g/mol. The van der Waals surface area contributed by atoms with Crippen LogP contribution in [0.2, 0.25) is 0 Å². The van der Waals surface area contributed by atoms with Gasteiger partial charge in [-0.2, -0.15) is 0 Å². The molecule has 106 valence electrons. The van der Waals surface area contributed by atoms with Crippen molar-refractivity contribution in [3.63, 3.8) is 0 Å². The van der Waals surface area contributed by atoms with E-state index >= 15 is 0 Å². The molecule has 0 amide bonds. The van der Waals surface area contributed by atoms with Gasteiger partial charge in [-0.15, -0.1) is 0 Å². The third-order valence-corrected chi connectivity index (χ3v) is 4.19. The molecule has 1 fully saturated rings. The molecular weight excluding hydrogens is 302 g/mol. The van der Waals surface area contributed by atoms with Crippen LogP contribution in [0.5, 0.6) is 0 Å². The van der Waals surface area contributed by atoms with Gasteiger partial charge in [0.05, 0.1) is 0 Å². The predicted octanol–water partition coefficient (Wildman–Crippen LogP) is 3.05. The molecule has 2 heterocycles. The van der Waals surface area contributed by atoms with Crippen LogP contribution in [0.1, 0.15) is 33.3 Å². The molecule has 1 aromatic heterocycles. The van der Waals surface area contributed by atoms with Crippen molar-refractivity contribution >= 4 is 15.9 Å². The zero-order valence-electron chi connectivity index (χ0n) is 12.3. The molecule has 1 aliphatic rings. The van der Waals surface area contributed by atoms with E-state index in [9.17, 15) is 0 Å². The Hall–Kier alpha value is -0.450. The second kappa shape index (κ2) is 5.90. The number of piperazine rings is 1. The van der Waals surface area contributed by atoms with Crippen LogP contribution in [-0.2, 0) is 6.54 Å². The smallest absolute Gasteiger partial charge is 0.0410 e. The van der Waals surface area contributed by atoms with E-state index in [4.69, 9.17) is 0 Å². The summed E-state index contributed by atoms with van der Waals surface area (Å²) < 4.78 is 1.06. The van der Waals surface area contributed by atoms with Crippen LogP contribution in [0.15, 0.2) is 22.9 Å². The number of hydrogen-bond acceptors (Lipinski definition) is 3. The van der Waals surface area contributed by atoms with Crippen LogP contribution in [0.25, 0.3) is 0 Å². The highest BCUT2D eigenvalue weighted by Crippen LogP contribution is 2.27. The minimum absolute atomic E-state index is 0.284. The first-order valence-corrected chi connectivity index (χ1v) is 7.72. The molecule has 0 saturated carbocycles. The quantitative estimate of drug-likeness (QED) is 0.905. The summed E-state index contributed by atoms with van der Waals surface area (Å²) in [6, 6.07) is 3.28. The van der Waals surface area contributed by atoms with Crippen LogP contribution < -0.4 is 5.32 Å². The highest BCUT2D eigenvalue weighted by Gasteiger charge is 2.34. The molecule has 2 atom stereocenters. The van der Waals surface area contributed by atoms with Gasteiger partial charge >= 0.3 is 0 Å². The lowest BCUT2D eigenvalue weighted by Gasteiger charge is -2.45. The standard InChI is InChI=1S/C15H24BrN3/c1-11-9-19(14(8-18-11)15(2,3)4)10-12-5-13(16)7-17-6-12/h5-7,11,14,18H,8-10H2,1-4H3. The van der Waals surface area contributed by atoms with Crippen molar-refractivity contribution in [2.24, 2.45) is 5.41 Å². The molecule has 19 heavy (non-hydrogen) atoms. The molecule has 3 nitrogen and oxygen atoms in total. The minimum atomic E-state index is 0.284. The van der Waals surface area contributed by atoms with Crippen molar-refractivity contribution in [1.82, 2.24) is 15.2 Å². The fourth-order valence-electron chi connectivity index (χ4n) is 2.79. The number of nitrogens with zero attached hydrogens (tertiary/aromatic N) is 2. The van der Waals surface area contributed by atoms with E-state index in [0.29, 0.717) is 12.1 Å². The van der Waals surface area contributed by atoms with Crippen LogP contribution in [0.4, 0.5) is 0 Å². The lowest BCUT2D eigenvalue weighted by atomic mass is 9.84. The van der Waals surface area contributed by atoms with E-state index in [1.807, 2.05) is 12.4 Å². The molecule has 4 heteroatoms. The van der Waals surface area contributed by atoms with Crippen molar-refractivity contribution in [3.8, 4) is 0 Å². The van der Waals surface area contributed by atoms with Gasteiger partial charge in [-0.3, -0.25) is 9.88 Å².